The number of anilines is 1. The van der Waals surface area contributed by atoms with Crippen LogP contribution in [0, 0.1) is 0 Å². The van der Waals surface area contributed by atoms with Gasteiger partial charge in [-0.25, -0.2) is 10.4 Å². The number of hydrazone groups is 1. The molecule has 2 rings (SSSR count). The van der Waals surface area contributed by atoms with Gasteiger partial charge in [-0.15, -0.1) is 11.8 Å². The molecule has 1 aromatic heterocycles. The SMILES string of the molecule is CSc1ccc(/C=N/NC(=O)c2nc(Cl)c(Cl)c(N)c2Cl)cc1. The number of nitrogens with two attached hydrogens (primary N) is 1. The van der Waals surface area contributed by atoms with Crippen LogP contribution < -0.4 is 11.2 Å². The summed E-state index contributed by atoms with van der Waals surface area (Å²) >= 11 is 19.2. The molecule has 0 aliphatic carbocycles. The van der Waals surface area contributed by atoms with Gasteiger partial charge in [-0.05, 0) is 24.0 Å². The molecule has 0 bridgehead atoms. The van der Waals surface area contributed by atoms with Crippen molar-refractivity contribution < 1.29 is 4.79 Å². The van der Waals surface area contributed by atoms with Crippen LogP contribution in [0.15, 0.2) is 34.3 Å². The molecule has 0 atom stereocenters. The first-order valence-electron chi connectivity index (χ1n) is 6.21. The van der Waals surface area contributed by atoms with E-state index in [2.05, 4.69) is 15.5 Å². The van der Waals surface area contributed by atoms with Crippen molar-refractivity contribution in [2.24, 2.45) is 5.10 Å². The average Bonchev–Trinajstić information content (AvgIpc) is 2.56. The molecule has 2 aromatic rings. The number of nitrogens with zero attached hydrogens (tertiary/aromatic N) is 2. The fraction of sp³-hybridized carbons (Fsp3) is 0.0714. The minimum Gasteiger partial charge on any atom is -0.396 e. The Balaban J connectivity index is 2.11. The van der Waals surface area contributed by atoms with Gasteiger partial charge in [0.2, 0.25) is 0 Å². The maximum Gasteiger partial charge on any atom is 0.291 e. The molecular formula is C14H11Cl3N4OS. The lowest BCUT2D eigenvalue weighted by molar-refractivity contribution is 0.0950. The van der Waals surface area contributed by atoms with Crippen molar-refractivity contribution in [3.05, 3.63) is 50.7 Å². The summed E-state index contributed by atoms with van der Waals surface area (Å²) in [6.45, 7) is 0. The predicted octanol–water partition coefficient (Wildman–Crippen LogP) is 4.11. The van der Waals surface area contributed by atoms with Gasteiger partial charge in [-0.1, -0.05) is 46.9 Å². The highest BCUT2D eigenvalue weighted by atomic mass is 35.5. The average molecular weight is 390 g/mol. The second-order valence-corrected chi connectivity index (χ2v) is 6.26. The number of carbonyl (C=O) groups is 1. The van der Waals surface area contributed by atoms with E-state index in [9.17, 15) is 4.79 Å². The Hall–Kier alpha value is -1.47. The second kappa shape index (κ2) is 7.88. The van der Waals surface area contributed by atoms with E-state index in [4.69, 9.17) is 40.5 Å². The quantitative estimate of drug-likeness (QED) is 0.357. The number of hydrogen-bond donors (Lipinski definition) is 2. The smallest absolute Gasteiger partial charge is 0.291 e. The van der Waals surface area contributed by atoms with Gasteiger partial charge in [0.25, 0.3) is 5.91 Å². The third-order valence-electron chi connectivity index (χ3n) is 2.78. The van der Waals surface area contributed by atoms with Gasteiger partial charge >= 0.3 is 0 Å². The topological polar surface area (TPSA) is 80.4 Å². The summed E-state index contributed by atoms with van der Waals surface area (Å²) in [7, 11) is 0. The van der Waals surface area contributed by atoms with E-state index in [1.165, 1.54) is 6.21 Å². The highest BCUT2D eigenvalue weighted by Crippen LogP contribution is 2.34. The Morgan fingerprint density at radius 1 is 1.26 bits per heavy atom. The van der Waals surface area contributed by atoms with Crippen LogP contribution in [0.2, 0.25) is 15.2 Å². The molecule has 0 unspecified atom stereocenters. The van der Waals surface area contributed by atoms with Gasteiger partial charge in [0.1, 0.15) is 5.02 Å². The summed E-state index contributed by atoms with van der Waals surface area (Å²) in [6, 6.07) is 7.66. The minimum absolute atomic E-state index is 0.00452. The standard InChI is InChI=1S/C14H11Cl3N4OS/c1-23-8-4-2-7(3-5-8)6-19-21-14(22)12-9(15)11(18)10(16)13(17)20-12/h2-6H,1H3,(H2,18,20)(H,21,22)/b19-6+. The molecule has 0 saturated heterocycles. The molecule has 0 fully saturated rings. The van der Waals surface area contributed by atoms with E-state index in [1.807, 2.05) is 30.5 Å². The van der Waals surface area contributed by atoms with Crippen LogP contribution in [-0.4, -0.2) is 23.4 Å². The number of thioether (sulfide) groups is 1. The first kappa shape index (κ1) is 17.9. The number of benzene rings is 1. The number of nitrogen functional groups attached to an aromatic ring is 1. The Labute approximate surface area is 152 Å². The summed E-state index contributed by atoms with van der Waals surface area (Å²) in [4.78, 5) is 17.0. The second-order valence-electron chi connectivity index (χ2n) is 4.27. The van der Waals surface area contributed by atoms with E-state index in [0.29, 0.717) is 0 Å². The minimum atomic E-state index is -0.641. The van der Waals surface area contributed by atoms with Crippen LogP contribution in [0.3, 0.4) is 0 Å². The van der Waals surface area contributed by atoms with Crippen molar-refractivity contribution in [2.45, 2.75) is 4.90 Å². The zero-order valence-corrected chi connectivity index (χ0v) is 14.9. The van der Waals surface area contributed by atoms with Crippen molar-refractivity contribution in [3.8, 4) is 0 Å². The number of aromatic nitrogens is 1. The summed E-state index contributed by atoms with van der Waals surface area (Å²) in [5, 5.41) is 3.68. The molecule has 1 amide bonds. The fourth-order valence-corrected chi connectivity index (χ4v) is 2.59. The first-order chi connectivity index (χ1) is 10.9. The molecule has 1 heterocycles. The maximum atomic E-state index is 12.0. The number of rotatable bonds is 4. The number of pyridine rings is 1. The van der Waals surface area contributed by atoms with Crippen molar-refractivity contribution in [2.75, 3.05) is 12.0 Å². The van der Waals surface area contributed by atoms with Crippen molar-refractivity contribution in [3.63, 3.8) is 0 Å². The van der Waals surface area contributed by atoms with E-state index in [-0.39, 0.29) is 26.6 Å². The van der Waals surface area contributed by atoms with Crippen LogP contribution in [0.4, 0.5) is 5.69 Å². The van der Waals surface area contributed by atoms with Gasteiger partial charge in [0, 0.05) is 4.90 Å². The van der Waals surface area contributed by atoms with E-state index < -0.39 is 5.91 Å². The highest BCUT2D eigenvalue weighted by molar-refractivity contribution is 7.98. The van der Waals surface area contributed by atoms with Crippen LogP contribution in [0.25, 0.3) is 0 Å². The summed E-state index contributed by atoms with van der Waals surface area (Å²) in [5.74, 6) is -0.641. The van der Waals surface area contributed by atoms with E-state index in [0.717, 1.165) is 10.5 Å². The van der Waals surface area contributed by atoms with Crippen LogP contribution in [0.5, 0.6) is 0 Å². The number of carbonyl (C=O) groups excluding carboxylic acids is 1. The molecule has 23 heavy (non-hydrogen) atoms. The number of amides is 1. The zero-order valence-electron chi connectivity index (χ0n) is 11.8. The number of hydrogen-bond acceptors (Lipinski definition) is 5. The summed E-state index contributed by atoms with van der Waals surface area (Å²) in [6.07, 6.45) is 3.49. The largest absolute Gasteiger partial charge is 0.396 e. The molecule has 0 saturated carbocycles. The van der Waals surface area contributed by atoms with Gasteiger partial charge in [0.15, 0.2) is 10.8 Å². The molecule has 3 N–H and O–H groups in total. The van der Waals surface area contributed by atoms with Crippen molar-refractivity contribution in [1.82, 2.24) is 10.4 Å². The lowest BCUT2D eigenvalue weighted by Crippen LogP contribution is -2.20. The Bertz CT molecular complexity index is 766. The molecule has 120 valence electrons. The lowest BCUT2D eigenvalue weighted by atomic mass is 10.2. The fourth-order valence-electron chi connectivity index (χ4n) is 1.59. The highest BCUT2D eigenvalue weighted by Gasteiger charge is 2.19. The Kier molecular flexibility index (Phi) is 6.12. The lowest BCUT2D eigenvalue weighted by Gasteiger charge is -2.07. The Morgan fingerprint density at radius 3 is 2.52 bits per heavy atom. The van der Waals surface area contributed by atoms with Gasteiger partial charge < -0.3 is 5.73 Å². The van der Waals surface area contributed by atoms with Crippen LogP contribution in [0.1, 0.15) is 16.1 Å². The maximum absolute atomic E-state index is 12.0. The summed E-state index contributed by atoms with van der Waals surface area (Å²) in [5.41, 5.74) is 8.65. The molecule has 9 heteroatoms. The van der Waals surface area contributed by atoms with Gasteiger partial charge in [-0.3, -0.25) is 4.79 Å². The Morgan fingerprint density at radius 2 is 1.91 bits per heavy atom. The van der Waals surface area contributed by atoms with Crippen molar-refractivity contribution >= 4 is 64.4 Å². The normalized spacial score (nSPS) is 11.0. The van der Waals surface area contributed by atoms with E-state index in [1.54, 1.807) is 11.8 Å². The molecular weight excluding hydrogens is 379 g/mol. The molecule has 0 aliphatic rings. The monoisotopic (exact) mass is 388 g/mol. The molecule has 0 radical (unpaired) electrons. The predicted molar refractivity (Wildman–Crippen MR) is 97.0 cm³/mol. The van der Waals surface area contributed by atoms with Crippen molar-refractivity contribution in [1.29, 1.82) is 0 Å². The number of halogens is 3. The third-order valence-corrected chi connectivity index (χ3v) is 4.66. The molecule has 0 spiro atoms. The first-order valence-corrected chi connectivity index (χ1v) is 8.57. The van der Waals surface area contributed by atoms with Crippen LogP contribution >= 0.6 is 46.6 Å². The molecule has 5 nitrogen and oxygen atoms in total. The number of nitrogens with one attached hydrogen (secondary N) is 1. The zero-order chi connectivity index (χ0) is 17.0. The van der Waals surface area contributed by atoms with Gasteiger partial charge in [0.05, 0.1) is 16.9 Å². The van der Waals surface area contributed by atoms with Gasteiger partial charge in [-0.2, -0.15) is 5.10 Å². The van der Waals surface area contributed by atoms with E-state index >= 15 is 0 Å². The van der Waals surface area contributed by atoms with Crippen LogP contribution in [-0.2, 0) is 0 Å². The third kappa shape index (κ3) is 4.29. The molecule has 1 aromatic carbocycles. The summed E-state index contributed by atoms with van der Waals surface area (Å²) < 4.78 is 0. The molecule has 0 aliphatic heterocycles.